The fraction of sp³-hybridized carbons (Fsp3) is 0.435. The summed E-state index contributed by atoms with van der Waals surface area (Å²) < 4.78 is 2.05. The molecule has 0 atom stereocenters. The van der Waals surface area contributed by atoms with Crippen LogP contribution in [0.4, 0.5) is 0 Å². The average Bonchev–Trinajstić information content (AvgIpc) is 2.90. The quantitative estimate of drug-likeness (QED) is 0.655. The van der Waals surface area contributed by atoms with Crippen molar-refractivity contribution in [2.75, 3.05) is 19.6 Å². The van der Waals surface area contributed by atoms with Gasteiger partial charge in [0.2, 0.25) is 0 Å². The third-order valence-electron chi connectivity index (χ3n) is 5.61. The number of carbonyl (C=O) groups excluding carboxylic acids is 1. The summed E-state index contributed by atoms with van der Waals surface area (Å²) in [6.45, 7) is 5.17. The Kier molecular flexibility index (Phi) is 6.20. The zero-order chi connectivity index (χ0) is 20.1. The standard InChI is InChI=1S/C23H29N5O/c1-18-9-15-28-20(17-25-12-8-19-6-10-24-11-7-19)22(26-21(28)16-18)23(29)27-13-4-2-3-5-14-27/h6-7,9-11,15-16,25H,2-5,8,12-14,17H2,1H3. The van der Waals surface area contributed by atoms with E-state index in [1.807, 2.05) is 41.7 Å². The van der Waals surface area contributed by atoms with Gasteiger partial charge in [0, 0.05) is 38.2 Å². The van der Waals surface area contributed by atoms with E-state index in [0.29, 0.717) is 12.2 Å². The van der Waals surface area contributed by atoms with Gasteiger partial charge in [0.1, 0.15) is 5.65 Å². The lowest BCUT2D eigenvalue weighted by Gasteiger charge is -2.20. The topological polar surface area (TPSA) is 62.5 Å². The molecule has 1 N–H and O–H groups in total. The highest BCUT2D eigenvalue weighted by molar-refractivity contribution is 5.94. The molecule has 0 aromatic carbocycles. The predicted octanol–water partition coefficient (Wildman–Crippen LogP) is 3.39. The second kappa shape index (κ2) is 9.18. The maximum absolute atomic E-state index is 13.3. The number of nitrogens with zero attached hydrogens (tertiary/aromatic N) is 4. The highest BCUT2D eigenvalue weighted by atomic mass is 16.2. The van der Waals surface area contributed by atoms with Crippen molar-refractivity contribution in [1.82, 2.24) is 24.6 Å². The van der Waals surface area contributed by atoms with Crippen molar-refractivity contribution in [2.45, 2.75) is 45.6 Å². The molecule has 0 saturated carbocycles. The van der Waals surface area contributed by atoms with Crippen molar-refractivity contribution in [1.29, 1.82) is 0 Å². The molecule has 29 heavy (non-hydrogen) atoms. The van der Waals surface area contributed by atoms with Crippen molar-refractivity contribution in [3.8, 4) is 0 Å². The normalized spacial score (nSPS) is 14.9. The summed E-state index contributed by atoms with van der Waals surface area (Å²) in [5.74, 6) is 0.0687. The van der Waals surface area contributed by atoms with Gasteiger partial charge < -0.3 is 14.6 Å². The first-order valence-electron chi connectivity index (χ1n) is 10.6. The number of imidazole rings is 1. The Bertz CT molecular complexity index is 958. The number of nitrogens with one attached hydrogen (secondary N) is 1. The molecule has 1 aliphatic rings. The lowest BCUT2D eigenvalue weighted by Crippen LogP contribution is -2.33. The monoisotopic (exact) mass is 391 g/mol. The Morgan fingerprint density at radius 3 is 2.62 bits per heavy atom. The molecule has 6 nitrogen and oxygen atoms in total. The van der Waals surface area contributed by atoms with E-state index in [9.17, 15) is 4.79 Å². The van der Waals surface area contributed by atoms with Crippen LogP contribution in [-0.2, 0) is 13.0 Å². The van der Waals surface area contributed by atoms with E-state index in [0.717, 1.165) is 55.8 Å². The SMILES string of the molecule is Cc1ccn2c(CNCCc3ccncc3)c(C(=O)N3CCCCCC3)nc2c1. The average molecular weight is 392 g/mol. The Labute approximate surface area is 172 Å². The van der Waals surface area contributed by atoms with Gasteiger partial charge >= 0.3 is 0 Å². The van der Waals surface area contributed by atoms with Crippen LogP contribution in [0.1, 0.15) is 53.0 Å². The van der Waals surface area contributed by atoms with Crippen LogP contribution in [0, 0.1) is 6.92 Å². The maximum Gasteiger partial charge on any atom is 0.274 e. The number of hydrogen-bond acceptors (Lipinski definition) is 4. The number of aryl methyl sites for hydroxylation is 1. The summed E-state index contributed by atoms with van der Waals surface area (Å²) in [5.41, 5.74) is 4.78. The van der Waals surface area contributed by atoms with Crippen LogP contribution in [0.5, 0.6) is 0 Å². The number of likely N-dealkylation sites (tertiary alicyclic amines) is 1. The summed E-state index contributed by atoms with van der Waals surface area (Å²) in [6.07, 6.45) is 11.2. The summed E-state index contributed by atoms with van der Waals surface area (Å²) in [6, 6.07) is 8.18. The molecule has 1 saturated heterocycles. The van der Waals surface area contributed by atoms with Crippen molar-refractivity contribution < 1.29 is 4.79 Å². The van der Waals surface area contributed by atoms with Gasteiger partial charge in [0.25, 0.3) is 5.91 Å². The molecule has 152 valence electrons. The molecule has 1 amide bonds. The highest BCUT2D eigenvalue weighted by Gasteiger charge is 2.24. The second-order valence-corrected chi connectivity index (χ2v) is 7.83. The van der Waals surface area contributed by atoms with Crippen LogP contribution in [0.25, 0.3) is 5.65 Å². The molecule has 3 aromatic heterocycles. The summed E-state index contributed by atoms with van der Waals surface area (Å²) in [7, 11) is 0. The number of pyridine rings is 2. The number of carbonyl (C=O) groups is 1. The van der Waals surface area contributed by atoms with Crippen molar-refractivity contribution >= 4 is 11.6 Å². The van der Waals surface area contributed by atoms with Crippen LogP contribution in [0.3, 0.4) is 0 Å². The van der Waals surface area contributed by atoms with Gasteiger partial charge in [-0.05, 0) is 68.1 Å². The Balaban J connectivity index is 1.53. The lowest BCUT2D eigenvalue weighted by atomic mass is 10.2. The van der Waals surface area contributed by atoms with Crippen LogP contribution < -0.4 is 5.32 Å². The third-order valence-corrected chi connectivity index (χ3v) is 5.61. The molecule has 4 rings (SSSR count). The molecule has 0 unspecified atom stereocenters. The minimum Gasteiger partial charge on any atom is -0.337 e. The fourth-order valence-corrected chi connectivity index (χ4v) is 3.95. The van der Waals surface area contributed by atoms with Crippen molar-refractivity contribution in [3.05, 3.63) is 65.4 Å². The summed E-state index contributed by atoms with van der Waals surface area (Å²) in [4.78, 5) is 24.1. The number of hydrogen-bond donors (Lipinski definition) is 1. The van der Waals surface area contributed by atoms with Gasteiger partial charge in [0.15, 0.2) is 5.69 Å². The highest BCUT2D eigenvalue weighted by Crippen LogP contribution is 2.19. The molecular weight excluding hydrogens is 362 g/mol. The zero-order valence-corrected chi connectivity index (χ0v) is 17.1. The Hall–Kier alpha value is -2.73. The zero-order valence-electron chi connectivity index (χ0n) is 17.1. The molecule has 0 bridgehead atoms. The van der Waals surface area contributed by atoms with Gasteiger partial charge in [0.05, 0.1) is 5.69 Å². The van der Waals surface area contributed by atoms with Crippen LogP contribution >= 0.6 is 0 Å². The molecule has 6 heteroatoms. The number of fused-ring (bicyclic) bond motifs is 1. The molecule has 4 heterocycles. The second-order valence-electron chi connectivity index (χ2n) is 7.83. The molecule has 1 aliphatic heterocycles. The first-order chi connectivity index (χ1) is 14.2. The number of amides is 1. The van der Waals surface area contributed by atoms with Gasteiger partial charge in [-0.2, -0.15) is 0 Å². The van der Waals surface area contributed by atoms with E-state index in [1.54, 1.807) is 0 Å². The number of rotatable bonds is 6. The van der Waals surface area contributed by atoms with Crippen LogP contribution in [0.15, 0.2) is 42.9 Å². The minimum absolute atomic E-state index is 0.0687. The maximum atomic E-state index is 13.3. The van der Waals surface area contributed by atoms with E-state index in [4.69, 9.17) is 4.98 Å². The van der Waals surface area contributed by atoms with Gasteiger partial charge in [-0.3, -0.25) is 9.78 Å². The van der Waals surface area contributed by atoms with Crippen LogP contribution in [-0.4, -0.2) is 44.8 Å². The first kappa shape index (κ1) is 19.6. The van der Waals surface area contributed by atoms with Gasteiger partial charge in [-0.1, -0.05) is 12.8 Å². The van der Waals surface area contributed by atoms with Crippen LogP contribution in [0.2, 0.25) is 0 Å². The smallest absolute Gasteiger partial charge is 0.274 e. The first-order valence-corrected chi connectivity index (χ1v) is 10.6. The van der Waals surface area contributed by atoms with E-state index in [2.05, 4.69) is 27.7 Å². The van der Waals surface area contributed by atoms with E-state index in [1.165, 1.54) is 18.4 Å². The molecule has 0 radical (unpaired) electrons. The van der Waals surface area contributed by atoms with Gasteiger partial charge in [-0.25, -0.2) is 4.98 Å². The largest absolute Gasteiger partial charge is 0.337 e. The van der Waals surface area contributed by atoms with Crippen molar-refractivity contribution in [3.63, 3.8) is 0 Å². The third kappa shape index (κ3) is 4.65. The Morgan fingerprint density at radius 2 is 1.86 bits per heavy atom. The predicted molar refractivity (Wildman–Crippen MR) is 114 cm³/mol. The summed E-state index contributed by atoms with van der Waals surface area (Å²) >= 11 is 0. The van der Waals surface area contributed by atoms with Gasteiger partial charge in [-0.15, -0.1) is 0 Å². The summed E-state index contributed by atoms with van der Waals surface area (Å²) in [5, 5.41) is 3.50. The van der Waals surface area contributed by atoms with E-state index < -0.39 is 0 Å². The molecule has 0 spiro atoms. The molecule has 1 fully saturated rings. The van der Waals surface area contributed by atoms with E-state index in [-0.39, 0.29) is 5.91 Å². The number of aromatic nitrogens is 3. The fourth-order valence-electron chi connectivity index (χ4n) is 3.95. The molecule has 3 aromatic rings. The lowest BCUT2D eigenvalue weighted by molar-refractivity contribution is 0.0755. The van der Waals surface area contributed by atoms with E-state index >= 15 is 0 Å². The minimum atomic E-state index is 0.0687. The molecular formula is C23H29N5O. The molecule has 0 aliphatic carbocycles. The Morgan fingerprint density at radius 1 is 1.10 bits per heavy atom. The van der Waals surface area contributed by atoms with Crippen molar-refractivity contribution in [2.24, 2.45) is 0 Å².